The van der Waals surface area contributed by atoms with Crippen molar-refractivity contribution in [1.29, 1.82) is 0 Å². The van der Waals surface area contributed by atoms with Crippen LogP contribution in [-0.4, -0.2) is 23.4 Å². The van der Waals surface area contributed by atoms with E-state index in [1.807, 2.05) is 48.5 Å². The van der Waals surface area contributed by atoms with Gasteiger partial charge in [0.1, 0.15) is 0 Å². The molecule has 0 saturated carbocycles. The zero-order valence-corrected chi connectivity index (χ0v) is 16.3. The summed E-state index contributed by atoms with van der Waals surface area (Å²) in [5, 5.41) is 13.8. The molecular weight excluding hydrogens is 384 g/mol. The second-order valence-corrected chi connectivity index (χ2v) is 6.65. The monoisotopic (exact) mass is 404 g/mol. The second-order valence-electron chi connectivity index (χ2n) is 6.65. The van der Waals surface area contributed by atoms with Gasteiger partial charge < -0.3 is 10.1 Å². The number of amides is 1. The Morgan fingerprint density at radius 1 is 0.967 bits per heavy atom. The maximum Gasteiger partial charge on any atom is 0.339 e. The number of benzene rings is 3. The number of rotatable bonds is 7. The molecule has 7 heteroatoms. The van der Waals surface area contributed by atoms with Crippen LogP contribution in [0.25, 0.3) is 0 Å². The number of nitro benzene ring substituents is 1. The molecule has 3 rings (SSSR count). The van der Waals surface area contributed by atoms with Gasteiger partial charge in [0.05, 0.1) is 10.5 Å². The van der Waals surface area contributed by atoms with Gasteiger partial charge in [0, 0.05) is 17.3 Å². The summed E-state index contributed by atoms with van der Waals surface area (Å²) in [5.74, 6) is -1.28. The molecule has 0 aliphatic rings. The molecule has 0 aromatic heterocycles. The van der Waals surface area contributed by atoms with Crippen LogP contribution in [0.1, 0.15) is 27.0 Å². The molecule has 0 saturated heterocycles. The molecule has 0 aliphatic carbocycles. The lowest BCUT2D eigenvalue weighted by Crippen LogP contribution is -2.22. The first-order valence-corrected chi connectivity index (χ1v) is 9.28. The highest BCUT2D eigenvalue weighted by atomic mass is 16.6. The molecular formula is C23H20N2O5. The van der Waals surface area contributed by atoms with E-state index in [-0.39, 0.29) is 16.8 Å². The van der Waals surface area contributed by atoms with Gasteiger partial charge in [-0.05, 0) is 36.6 Å². The minimum atomic E-state index is -0.788. The van der Waals surface area contributed by atoms with Crippen molar-refractivity contribution in [2.45, 2.75) is 13.3 Å². The summed E-state index contributed by atoms with van der Waals surface area (Å²) in [6, 6.07) is 21.4. The second kappa shape index (κ2) is 9.47. The van der Waals surface area contributed by atoms with Crippen LogP contribution < -0.4 is 5.32 Å². The molecule has 0 bridgehead atoms. The van der Waals surface area contributed by atoms with Gasteiger partial charge in [-0.25, -0.2) is 4.79 Å². The van der Waals surface area contributed by atoms with Crippen LogP contribution >= 0.6 is 0 Å². The van der Waals surface area contributed by atoms with Gasteiger partial charge in [0.2, 0.25) is 0 Å². The van der Waals surface area contributed by atoms with Gasteiger partial charge >= 0.3 is 5.97 Å². The molecule has 0 heterocycles. The average molecular weight is 404 g/mol. The zero-order chi connectivity index (χ0) is 21.5. The van der Waals surface area contributed by atoms with Crippen molar-refractivity contribution in [3.8, 4) is 0 Å². The molecule has 1 N–H and O–H groups in total. The van der Waals surface area contributed by atoms with Crippen molar-refractivity contribution < 1.29 is 19.2 Å². The number of esters is 1. The molecule has 0 atom stereocenters. The molecule has 0 unspecified atom stereocenters. The van der Waals surface area contributed by atoms with Crippen LogP contribution in [0.3, 0.4) is 0 Å². The number of ether oxygens (including phenoxy) is 1. The number of nitrogens with one attached hydrogen (secondary N) is 1. The first-order valence-electron chi connectivity index (χ1n) is 9.28. The number of nitro groups is 1. The summed E-state index contributed by atoms with van der Waals surface area (Å²) in [6.07, 6.45) is 0.643. The number of hydrogen-bond donors (Lipinski definition) is 1. The highest BCUT2D eigenvalue weighted by molar-refractivity contribution is 5.97. The fourth-order valence-electron chi connectivity index (χ4n) is 3.05. The number of carbonyl (C=O) groups excluding carboxylic acids is 2. The quantitative estimate of drug-likeness (QED) is 0.360. The van der Waals surface area contributed by atoms with Gasteiger partial charge in [0.25, 0.3) is 11.6 Å². The first-order chi connectivity index (χ1) is 14.5. The van der Waals surface area contributed by atoms with Crippen LogP contribution in [0.5, 0.6) is 0 Å². The van der Waals surface area contributed by atoms with Crippen LogP contribution in [0.2, 0.25) is 0 Å². The topological polar surface area (TPSA) is 98.5 Å². The average Bonchev–Trinajstić information content (AvgIpc) is 2.74. The number of para-hydroxylation sites is 1. The third kappa shape index (κ3) is 5.08. The van der Waals surface area contributed by atoms with E-state index in [1.54, 1.807) is 6.07 Å². The van der Waals surface area contributed by atoms with E-state index in [1.165, 1.54) is 25.1 Å². The number of anilines is 1. The van der Waals surface area contributed by atoms with E-state index in [0.29, 0.717) is 12.1 Å². The Morgan fingerprint density at radius 2 is 1.67 bits per heavy atom. The summed E-state index contributed by atoms with van der Waals surface area (Å²) < 4.78 is 5.06. The predicted octanol–water partition coefficient (Wildman–Crippen LogP) is 4.29. The summed E-state index contributed by atoms with van der Waals surface area (Å²) in [6.45, 7) is 0.968. The van der Waals surface area contributed by atoms with Gasteiger partial charge in [-0.15, -0.1) is 0 Å². The Bertz CT molecular complexity index is 1080. The van der Waals surface area contributed by atoms with Crippen molar-refractivity contribution in [2.24, 2.45) is 0 Å². The molecule has 1 amide bonds. The third-order valence-corrected chi connectivity index (χ3v) is 4.59. The Balaban J connectivity index is 1.64. The first kappa shape index (κ1) is 20.7. The molecule has 0 radical (unpaired) electrons. The normalized spacial score (nSPS) is 10.3. The van der Waals surface area contributed by atoms with E-state index in [9.17, 15) is 19.7 Å². The molecule has 152 valence electrons. The predicted molar refractivity (Wildman–Crippen MR) is 112 cm³/mol. The van der Waals surface area contributed by atoms with Crippen molar-refractivity contribution in [1.82, 2.24) is 0 Å². The number of carbonyl (C=O) groups is 2. The molecule has 30 heavy (non-hydrogen) atoms. The van der Waals surface area contributed by atoms with Crippen LogP contribution in [0.4, 0.5) is 11.4 Å². The lowest BCUT2D eigenvalue weighted by molar-refractivity contribution is -0.385. The Kier molecular flexibility index (Phi) is 6.54. The van der Waals surface area contributed by atoms with E-state index >= 15 is 0 Å². The van der Waals surface area contributed by atoms with Crippen molar-refractivity contribution in [3.05, 3.63) is 105 Å². The minimum Gasteiger partial charge on any atom is -0.452 e. The number of hydrogen-bond acceptors (Lipinski definition) is 5. The fourth-order valence-corrected chi connectivity index (χ4v) is 3.05. The highest BCUT2D eigenvalue weighted by Crippen LogP contribution is 2.22. The summed E-state index contributed by atoms with van der Waals surface area (Å²) in [7, 11) is 0. The van der Waals surface area contributed by atoms with Gasteiger partial charge in [-0.2, -0.15) is 0 Å². The number of nitrogens with zero attached hydrogens (tertiary/aromatic N) is 1. The molecule has 0 fully saturated rings. The van der Waals surface area contributed by atoms with E-state index in [0.717, 1.165) is 11.1 Å². The van der Waals surface area contributed by atoms with Crippen LogP contribution in [-0.2, 0) is 16.0 Å². The minimum absolute atomic E-state index is 0.0569. The highest BCUT2D eigenvalue weighted by Gasteiger charge is 2.20. The molecule has 0 spiro atoms. The molecule has 0 aliphatic heterocycles. The zero-order valence-electron chi connectivity index (χ0n) is 16.3. The van der Waals surface area contributed by atoms with Gasteiger partial charge in [-0.1, -0.05) is 54.6 Å². The van der Waals surface area contributed by atoms with Crippen molar-refractivity contribution >= 4 is 23.3 Å². The van der Waals surface area contributed by atoms with Crippen LogP contribution in [0.15, 0.2) is 72.8 Å². The summed E-state index contributed by atoms with van der Waals surface area (Å²) in [5.41, 5.74) is 2.74. The van der Waals surface area contributed by atoms with Gasteiger partial charge in [0.15, 0.2) is 6.61 Å². The Hall–Kier alpha value is -4.00. The standard InChI is InChI=1S/C23H20N2O5/c1-16-19(11-7-13-21(16)25(28)29)23(27)30-15-22(26)24-20-12-6-5-10-18(20)14-17-8-3-2-4-9-17/h2-13H,14-15H2,1H3,(H,24,26). The largest absolute Gasteiger partial charge is 0.452 e. The Morgan fingerprint density at radius 3 is 2.40 bits per heavy atom. The van der Waals surface area contributed by atoms with E-state index in [4.69, 9.17) is 4.74 Å². The molecule has 3 aromatic carbocycles. The Labute approximate surface area is 173 Å². The summed E-state index contributed by atoms with van der Waals surface area (Å²) >= 11 is 0. The van der Waals surface area contributed by atoms with Crippen LogP contribution in [0, 0.1) is 17.0 Å². The third-order valence-electron chi connectivity index (χ3n) is 4.59. The van der Waals surface area contributed by atoms with Gasteiger partial charge in [-0.3, -0.25) is 14.9 Å². The maximum absolute atomic E-state index is 12.3. The molecule has 7 nitrogen and oxygen atoms in total. The maximum atomic E-state index is 12.3. The van der Waals surface area contributed by atoms with E-state index < -0.39 is 23.4 Å². The molecule has 3 aromatic rings. The van der Waals surface area contributed by atoms with Crippen molar-refractivity contribution in [3.63, 3.8) is 0 Å². The summed E-state index contributed by atoms with van der Waals surface area (Å²) in [4.78, 5) is 35.0. The smallest absolute Gasteiger partial charge is 0.339 e. The fraction of sp³-hybridized carbons (Fsp3) is 0.130. The lowest BCUT2D eigenvalue weighted by Gasteiger charge is -2.12. The lowest BCUT2D eigenvalue weighted by atomic mass is 10.0. The SMILES string of the molecule is Cc1c(C(=O)OCC(=O)Nc2ccccc2Cc2ccccc2)cccc1[N+](=O)[O-]. The van der Waals surface area contributed by atoms with Crippen molar-refractivity contribution in [2.75, 3.05) is 11.9 Å². The van der Waals surface area contributed by atoms with E-state index in [2.05, 4.69) is 5.32 Å².